The molecule has 1 nitrogen and oxygen atoms in total. The Morgan fingerprint density at radius 3 is 2.08 bits per heavy atom. The van der Waals surface area contributed by atoms with Crippen LogP contribution in [0.2, 0.25) is 0 Å². The summed E-state index contributed by atoms with van der Waals surface area (Å²) in [6.45, 7) is 11.7. The molecule has 1 fully saturated rings. The van der Waals surface area contributed by atoms with E-state index in [1.54, 1.807) is 0 Å². The van der Waals surface area contributed by atoms with Gasteiger partial charge in [-0.15, -0.1) is 0 Å². The van der Waals surface area contributed by atoms with E-state index in [2.05, 4.69) is 34.6 Å². The second-order valence-electron chi connectivity index (χ2n) is 5.92. The van der Waals surface area contributed by atoms with Crippen LogP contribution in [0.1, 0.15) is 47.5 Å². The van der Waals surface area contributed by atoms with E-state index < -0.39 is 5.06 Å². The maximum Gasteiger partial charge on any atom is 0.147 e. The smallest absolute Gasteiger partial charge is 0.147 e. The molecule has 1 rings (SSSR count). The van der Waals surface area contributed by atoms with Crippen LogP contribution in [-0.4, -0.2) is 11.7 Å². The fourth-order valence-corrected chi connectivity index (χ4v) is 2.16. The molecule has 0 N–H and O–H groups in total. The Kier molecular flexibility index (Phi) is 2.73. The van der Waals surface area contributed by atoms with E-state index in [0.29, 0.717) is 5.41 Å². The van der Waals surface area contributed by atoms with E-state index in [1.807, 2.05) is 0 Å². The van der Waals surface area contributed by atoms with Gasteiger partial charge in [-0.2, -0.15) is 0 Å². The molecule has 13 heavy (non-hydrogen) atoms. The summed E-state index contributed by atoms with van der Waals surface area (Å²) in [6.07, 6.45) is 2.04. The number of halogens is 1. The Labute approximate surface area is 86.8 Å². The molecule has 0 aliphatic carbocycles. The summed E-state index contributed by atoms with van der Waals surface area (Å²) in [6, 6.07) is 0. The molecule has 0 amide bonds. The van der Waals surface area contributed by atoms with Gasteiger partial charge in [0, 0.05) is 12.0 Å². The summed E-state index contributed by atoms with van der Waals surface area (Å²) in [7, 11) is 0. The van der Waals surface area contributed by atoms with Gasteiger partial charge in [0.05, 0.1) is 0 Å². The maximum absolute atomic E-state index is 6.51. The van der Waals surface area contributed by atoms with Gasteiger partial charge in [0.15, 0.2) is 0 Å². The lowest BCUT2D eigenvalue weighted by atomic mass is 9.74. The number of alkyl halides is 1. The zero-order valence-corrected chi connectivity index (χ0v) is 10.2. The van der Waals surface area contributed by atoms with Crippen molar-refractivity contribution in [2.45, 2.75) is 52.5 Å². The highest BCUT2D eigenvalue weighted by molar-refractivity contribution is 6.23. The van der Waals surface area contributed by atoms with Crippen molar-refractivity contribution in [2.75, 3.05) is 6.61 Å². The van der Waals surface area contributed by atoms with Crippen molar-refractivity contribution in [3.05, 3.63) is 0 Å². The lowest BCUT2D eigenvalue weighted by Crippen LogP contribution is -2.47. The molecule has 1 aliphatic rings. The second-order valence-corrected chi connectivity index (χ2v) is 6.53. The molecule has 0 radical (unpaired) electrons. The molecule has 1 heterocycles. The first-order valence-electron chi connectivity index (χ1n) is 4.99. The topological polar surface area (TPSA) is 9.23 Å². The van der Waals surface area contributed by atoms with Gasteiger partial charge in [-0.1, -0.05) is 46.2 Å². The van der Waals surface area contributed by atoms with Crippen LogP contribution in [0.15, 0.2) is 0 Å². The predicted molar refractivity (Wildman–Crippen MR) is 57.0 cm³/mol. The van der Waals surface area contributed by atoms with E-state index in [1.165, 1.54) is 0 Å². The van der Waals surface area contributed by atoms with Gasteiger partial charge in [-0.05, 0) is 18.3 Å². The maximum atomic E-state index is 6.51. The molecule has 78 valence electrons. The molecule has 0 aromatic heterocycles. The van der Waals surface area contributed by atoms with Crippen molar-refractivity contribution in [3.8, 4) is 0 Å². The number of rotatable bonds is 0. The first kappa shape index (κ1) is 11.3. The van der Waals surface area contributed by atoms with E-state index in [9.17, 15) is 0 Å². The molecule has 2 heteroatoms. The van der Waals surface area contributed by atoms with Crippen LogP contribution < -0.4 is 0 Å². The average Bonchev–Trinajstić information content (AvgIpc) is 1.80. The van der Waals surface area contributed by atoms with E-state index >= 15 is 0 Å². The average molecular weight is 205 g/mol. The van der Waals surface area contributed by atoms with Gasteiger partial charge in [0.25, 0.3) is 0 Å². The van der Waals surface area contributed by atoms with Crippen molar-refractivity contribution in [3.63, 3.8) is 0 Å². The zero-order chi connectivity index (χ0) is 10.3. The van der Waals surface area contributed by atoms with Crippen LogP contribution >= 0.6 is 11.6 Å². The molecule has 1 atom stereocenters. The third-order valence-corrected chi connectivity index (χ3v) is 3.75. The minimum atomic E-state index is -0.477. The van der Waals surface area contributed by atoms with Crippen molar-refractivity contribution in [1.82, 2.24) is 0 Å². The van der Waals surface area contributed by atoms with E-state index in [0.717, 1.165) is 19.4 Å². The highest BCUT2D eigenvalue weighted by Crippen LogP contribution is 2.49. The van der Waals surface area contributed by atoms with Crippen LogP contribution in [0.25, 0.3) is 0 Å². The number of ether oxygens (including phenoxy) is 1. The Morgan fingerprint density at radius 2 is 1.77 bits per heavy atom. The second kappa shape index (κ2) is 3.13. The Morgan fingerprint density at radius 1 is 1.23 bits per heavy atom. The van der Waals surface area contributed by atoms with Gasteiger partial charge >= 0.3 is 0 Å². The molecule has 1 unspecified atom stereocenters. The number of hydrogen-bond acceptors (Lipinski definition) is 1. The third-order valence-electron chi connectivity index (χ3n) is 2.94. The lowest BCUT2D eigenvalue weighted by Gasteiger charge is -2.47. The fraction of sp³-hybridized carbons (Fsp3) is 1.00. The minimum absolute atomic E-state index is 0.00620. The molecule has 0 bridgehead atoms. The zero-order valence-electron chi connectivity index (χ0n) is 9.41. The summed E-state index contributed by atoms with van der Waals surface area (Å²) < 4.78 is 5.73. The van der Waals surface area contributed by atoms with Gasteiger partial charge in [-0.25, -0.2) is 0 Å². The Balaban J connectivity index is 2.81. The normalized spacial score (nSPS) is 34.6. The van der Waals surface area contributed by atoms with E-state index in [-0.39, 0.29) is 5.41 Å². The minimum Gasteiger partial charge on any atom is -0.359 e. The molecular weight excluding hydrogens is 184 g/mol. The highest BCUT2D eigenvalue weighted by atomic mass is 35.5. The van der Waals surface area contributed by atoms with Gasteiger partial charge in [-0.3, -0.25) is 0 Å². The van der Waals surface area contributed by atoms with Gasteiger partial charge in [0.1, 0.15) is 5.06 Å². The summed E-state index contributed by atoms with van der Waals surface area (Å²) >= 11 is 6.51. The largest absolute Gasteiger partial charge is 0.359 e. The summed E-state index contributed by atoms with van der Waals surface area (Å²) in [5.41, 5.74) is 0.319. The molecule has 0 saturated carbocycles. The number of hydrogen-bond donors (Lipinski definition) is 0. The van der Waals surface area contributed by atoms with Crippen molar-refractivity contribution in [1.29, 1.82) is 0 Å². The quantitative estimate of drug-likeness (QED) is 0.546. The SMILES string of the molecule is CC1(C)CCOC(Cl)(C(C)(C)C)C1. The molecule has 1 saturated heterocycles. The summed E-state index contributed by atoms with van der Waals surface area (Å²) in [4.78, 5) is 0. The Hall–Kier alpha value is 0.250. The molecule has 0 aromatic rings. The third kappa shape index (κ3) is 2.38. The first-order chi connectivity index (χ1) is 5.66. The van der Waals surface area contributed by atoms with Crippen LogP contribution in [0.3, 0.4) is 0 Å². The van der Waals surface area contributed by atoms with Crippen LogP contribution in [0.4, 0.5) is 0 Å². The van der Waals surface area contributed by atoms with E-state index in [4.69, 9.17) is 16.3 Å². The summed E-state index contributed by atoms with van der Waals surface area (Å²) in [5, 5.41) is -0.477. The standard InChI is InChI=1S/C11H21ClO/c1-9(2,3)11(12)8-10(4,5)6-7-13-11/h6-8H2,1-5H3. The monoisotopic (exact) mass is 204 g/mol. The van der Waals surface area contributed by atoms with Gasteiger partial charge < -0.3 is 4.74 Å². The highest BCUT2D eigenvalue weighted by Gasteiger charge is 2.47. The molecule has 1 aliphatic heterocycles. The first-order valence-corrected chi connectivity index (χ1v) is 5.37. The van der Waals surface area contributed by atoms with Crippen molar-refractivity contribution in [2.24, 2.45) is 10.8 Å². The Bertz CT molecular complexity index is 193. The molecular formula is C11H21ClO. The van der Waals surface area contributed by atoms with Crippen LogP contribution in [0, 0.1) is 10.8 Å². The molecule has 0 aromatic carbocycles. The van der Waals surface area contributed by atoms with Crippen LogP contribution in [0.5, 0.6) is 0 Å². The molecule has 0 spiro atoms. The fourth-order valence-electron chi connectivity index (χ4n) is 1.73. The predicted octanol–water partition coefficient (Wildman–Crippen LogP) is 3.80. The van der Waals surface area contributed by atoms with Crippen molar-refractivity contribution < 1.29 is 4.74 Å². The van der Waals surface area contributed by atoms with Crippen molar-refractivity contribution >= 4 is 11.6 Å². The lowest BCUT2D eigenvalue weighted by molar-refractivity contribution is -0.119. The van der Waals surface area contributed by atoms with Crippen LogP contribution in [-0.2, 0) is 4.74 Å². The van der Waals surface area contributed by atoms with Gasteiger partial charge in [0.2, 0.25) is 0 Å². The summed E-state index contributed by atoms with van der Waals surface area (Å²) in [5.74, 6) is 0.